The topological polar surface area (TPSA) is 97.2 Å². The number of aromatic nitrogens is 1. The lowest BCUT2D eigenvalue weighted by atomic mass is 10.1. The zero-order valence-electron chi connectivity index (χ0n) is 10.4. The van der Waals surface area contributed by atoms with Crippen LogP contribution in [-0.2, 0) is 6.42 Å². The SMILES string of the molecule is O=C(NCCc1ccccc1)Nc1ncc([N+](=O)[O-])s1. The summed E-state index contributed by atoms with van der Waals surface area (Å²) in [4.78, 5) is 25.2. The predicted octanol–water partition coefficient (Wildman–Crippen LogP) is 2.42. The number of urea groups is 1. The molecule has 0 saturated carbocycles. The maximum atomic E-state index is 11.6. The molecule has 7 nitrogen and oxygen atoms in total. The van der Waals surface area contributed by atoms with Crippen molar-refractivity contribution in [2.75, 3.05) is 11.9 Å². The van der Waals surface area contributed by atoms with Crippen molar-refractivity contribution in [3.8, 4) is 0 Å². The Morgan fingerprint density at radius 1 is 1.35 bits per heavy atom. The quantitative estimate of drug-likeness (QED) is 0.653. The van der Waals surface area contributed by atoms with Crippen molar-refractivity contribution in [3.05, 3.63) is 52.2 Å². The highest BCUT2D eigenvalue weighted by atomic mass is 32.1. The summed E-state index contributed by atoms with van der Waals surface area (Å²) in [5.74, 6) is 0. The Morgan fingerprint density at radius 3 is 2.75 bits per heavy atom. The molecule has 0 radical (unpaired) electrons. The number of rotatable bonds is 5. The highest BCUT2D eigenvalue weighted by Gasteiger charge is 2.12. The van der Waals surface area contributed by atoms with Crippen LogP contribution in [0, 0.1) is 10.1 Å². The highest BCUT2D eigenvalue weighted by molar-refractivity contribution is 7.18. The van der Waals surface area contributed by atoms with Gasteiger partial charge in [-0.3, -0.25) is 15.4 Å². The van der Waals surface area contributed by atoms with Crippen LogP contribution in [0.15, 0.2) is 36.5 Å². The summed E-state index contributed by atoms with van der Waals surface area (Å²) in [6, 6.07) is 9.32. The second-order valence-corrected chi connectivity index (χ2v) is 4.89. The van der Waals surface area contributed by atoms with E-state index in [9.17, 15) is 14.9 Å². The summed E-state index contributed by atoms with van der Waals surface area (Å²) in [5.41, 5.74) is 1.12. The number of hydrogen-bond acceptors (Lipinski definition) is 5. The molecule has 0 spiro atoms. The molecule has 0 unspecified atom stereocenters. The van der Waals surface area contributed by atoms with Gasteiger partial charge in [0, 0.05) is 6.54 Å². The van der Waals surface area contributed by atoms with E-state index in [0.717, 1.165) is 23.1 Å². The summed E-state index contributed by atoms with van der Waals surface area (Å²) >= 11 is 0.817. The third-order valence-electron chi connectivity index (χ3n) is 2.44. The van der Waals surface area contributed by atoms with Gasteiger partial charge in [0.1, 0.15) is 6.20 Å². The molecule has 0 bridgehead atoms. The molecule has 0 atom stereocenters. The maximum absolute atomic E-state index is 11.6. The number of nitro groups is 1. The van der Waals surface area contributed by atoms with Gasteiger partial charge >= 0.3 is 11.0 Å². The van der Waals surface area contributed by atoms with E-state index < -0.39 is 11.0 Å². The Balaban J connectivity index is 1.76. The molecule has 0 aliphatic carbocycles. The number of carbonyl (C=O) groups excluding carboxylic acids is 1. The van der Waals surface area contributed by atoms with E-state index in [1.54, 1.807) is 0 Å². The highest BCUT2D eigenvalue weighted by Crippen LogP contribution is 2.24. The second-order valence-electron chi connectivity index (χ2n) is 3.88. The van der Waals surface area contributed by atoms with Gasteiger partial charge < -0.3 is 5.32 Å². The first-order chi connectivity index (χ1) is 9.65. The van der Waals surface area contributed by atoms with Crippen molar-refractivity contribution in [1.29, 1.82) is 0 Å². The molecule has 104 valence electrons. The van der Waals surface area contributed by atoms with Crippen LogP contribution in [0.3, 0.4) is 0 Å². The van der Waals surface area contributed by atoms with Crippen LogP contribution in [0.4, 0.5) is 14.9 Å². The van der Waals surface area contributed by atoms with Crippen molar-refractivity contribution in [2.45, 2.75) is 6.42 Å². The van der Waals surface area contributed by atoms with Crippen molar-refractivity contribution >= 4 is 27.5 Å². The van der Waals surface area contributed by atoms with E-state index in [0.29, 0.717) is 13.0 Å². The summed E-state index contributed by atoms with van der Waals surface area (Å²) in [7, 11) is 0. The molecular weight excluding hydrogens is 280 g/mol. The average molecular weight is 292 g/mol. The van der Waals surface area contributed by atoms with Gasteiger partial charge in [-0.2, -0.15) is 0 Å². The van der Waals surface area contributed by atoms with Gasteiger partial charge in [0.2, 0.25) is 0 Å². The Bertz CT molecular complexity index is 600. The number of amides is 2. The number of thiazole rings is 1. The summed E-state index contributed by atoms with van der Waals surface area (Å²) in [6.45, 7) is 0.476. The van der Waals surface area contributed by atoms with E-state index in [1.807, 2.05) is 30.3 Å². The summed E-state index contributed by atoms with van der Waals surface area (Å²) in [6.07, 6.45) is 1.83. The van der Waals surface area contributed by atoms with Gasteiger partial charge in [-0.1, -0.05) is 30.3 Å². The molecule has 1 aromatic heterocycles. The zero-order valence-corrected chi connectivity index (χ0v) is 11.2. The van der Waals surface area contributed by atoms with Crippen LogP contribution >= 0.6 is 11.3 Å². The molecule has 8 heteroatoms. The molecule has 1 heterocycles. The van der Waals surface area contributed by atoms with Crippen molar-refractivity contribution in [2.24, 2.45) is 0 Å². The third kappa shape index (κ3) is 4.02. The number of nitrogens with zero attached hydrogens (tertiary/aromatic N) is 2. The number of hydrogen-bond donors (Lipinski definition) is 2. The third-order valence-corrected chi connectivity index (χ3v) is 3.30. The molecule has 20 heavy (non-hydrogen) atoms. The van der Waals surface area contributed by atoms with Gasteiger partial charge in [0.05, 0.1) is 4.92 Å². The van der Waals surface area contributed by atoms with Crippen molar-refractivity contribution in [3.63, 3.8) is 0 Å². The van der Waals surface area contributed by atoms with Crippen LogP contribution in [-0.4, -0.2) is 22.5 Å². The average Bonchev–Trinajstić information content (AvgIpc) is 2.88. The molecule has 0 saturated heterocycles. The first-order valence-electron chi connectivity index (χ1n) is 5.84. The van der Waals surface area contributed by atoms with Crippen LogP contribution in [0.2, 0.25) is 0 Å². The van der Waals surface area contributed by atoms with E-state index in [-0.39, 0.29) is 10.1 Å². The molecular formula is C12H12N4O3S. The molecule has 0 fully saturated rings. The van der Waals surface area contributed by atoms with E-state index in [4.69, 9.17) is 0 Å². The van der Waals surface area contributed by atoms with E-state index in [1.165, 1.54) is 0 Å². The van der Waals surface area contributed by atoms with Crippen LogP contribution < -0.4 is 10.6 Å². The largest absolute Gasteiger partial charge is 0.345 e. The van der Waals surface area contributed by atoms with Crippen molar-refractivity contribution < 1.29 is 9.72 Å². The first kappa shape index (κ1) is 13.9. The fourth-order valence-electron chi connectivity index (χ4n) is 1.51. The number of nitrogens with one attached hydrogen (secondary N) is 2. The van der Waals surface area contributed by atoms with Gasteiger partial charge in [0.15, 0.2) is 5.13 Å². The number of anilines is 1. The molecule has 2 N–H and O–H groups in total. The van der Waals surface area contributed by atoms with Crippen molar-refractivity contribution in [1.82, 2.24) is 10.3 Å². The Labute approximate surface area is 118 Å². The number of benzene rings is 1. The lowest BCUT2D eigenvalue weighted by molar-refractivity contribution is -0.380. The number of carbonyl (C=O) groups is 1. The molecule has 2 aromatic rings. The van der Waals surface area contributed by atoms with Gasteiger partial charge in [-0.25, -0.2) is 9.78 Å². The minimum absolute atomic E-state index is 0.107. The van der Waals surface area contributed by atoms with Gasteiger partial charge in [-0.15, -0.1) is 0 Å². The molecule has 1 aromatic carbocycles. The minimum Gasteiger partial charge on any atom is -0.337 e. The lowest BCUT2D eigenvalue weighted by Crippen LogP contribution is -2.30. The molecule has 2 amide bonds. The Hall–Kier alpha value is -2.48. The minimum atomic E-state index is -0.545. The summed E-state index contributed by atoms with van der Waals surface area (Å²) < 4.78 is 0. The normalized spacial score (nSPS) is 10.0. The van der Waals surface area contributed by atoms with Crippen LogP contribution in [0.25, 0.3) is 0 Å². The molecule has 0 aliphatic rings. The zero-order chi connectivity index (χ0) is 14.4. The fourth-order valence-corrected chi connectivity index (χ4v) is 2.14. The Morgan fingerprint density at radius 2 is 2.10 bits per heavy atom. The molecule has 0 aliphatic heterocycles. The fraction of sp³-hybridized carbons (Fsp3) is 0.167. The van der Waals surface area contributed by atoms with Gasteiger partial charge in [0.25, 0.3) is 0 Å². The standard InChI is InChI=1S/C12H12N4O3S/c17-11(13-7-6-9-4-2-1-3-5-9)15-12-14-8-10(20-12)16(18)19/h1-5,8H,6-7H2,(H2,13,14,15,17). The van der Waals surface area contributed by atoms with E-state index in [2.05, 4.69) is 15.6 Å². The first-order valence-corrected chi connectivity index (χ1v) is 6.66. The maximum Gasteiger partial charge on any atom is 0.345 e. The van der Waals surface area contributed by atoms with Crippen LogP contribution in [0.1, 0.15) is 5.56 Å². The lowest BCUT2D eigenvalue weighted by Gasteiger charge is -2.05. The second kappa shape index (κ2) is 6.62. The van der Waals surface area contributed by atoms with E-state index >= 15 is 0 Å². The summed E-state index contributed by atoms with van der Waals surface area (Å²) in [5, 5.41) is 15.7. The molecule has 2 rings (SSSR count). The Kier molecular flexibility index (Phi) is 4.61. The van der Waals surface area contributed by atoms with Gasteiger partial charge in [-0.05, 0) is 23.3 Å². The van der Waals surface area contributed by atoms with Crippen LogP contribution in [0.5, 0.6) is 0 Å². The monoisotopic (exact) mass is 292 g/mol. The predicted molar refractivity (Wildman–Crippen MR) is 75.9 cm³/mol. The smallest absolute Gasteiger partial charge is 0.337 e.